The SMILES string of the molecule is Cc1ncsc1CN(C)CC1CCC(C)(C)C1=O. The highest BCUT2D eigenvalue weighted by Crippen LogP contribution is 2.37. The van der Waals surface area contributed by atoms with Gasteiger partial charge >= 0.3 is 0 Å². The summed E-state index contributed by atoms with van der Waals surface area (Å²) in [4.78, 5) is 20.0. The number of ketones is 1. The van der Waals surface area contributed by atoms with E-state index in [-0.39, 0.29) is 11.3 Å². The third kappa shape index (κ3) is 2.81. The van der Waals surface area contributed by atoms with Crippen molar-refractivity contribution in [1.29, 1.82) is 0 Å². The molecule has 1 aromatic rings. The maximum Gasteiger partial charge on any atom is 0.142 e. The summed E-state index contributed by atoms with van der Waals surface area (Å²) in [5.74, 6) is 0.661. The molecule has 1 atom stereocenters. The predicted molar refractivity (Wildman–Crippen MR) is 74.7 cm³/mol. The van der Waals surface area contributed by atoms with Crippen molar-refractivity contribution in [3.8, 4) is 0 Å². The molecule has 1 saturated carbocycles. The Kier molecular flexibility index (Phi) is 3.87. The van der Waals surface area contributed by atoms with Gasteiger partial charge in [-0.15, -0.1) is 11.3 Å². The fraction of sp³-hybridized carbons (Fsp3) is 0.714. The van der Waals surface area contributed by atoms with Crippen molar-refractivity contribution in [3.63, 3.8) is 0 Å². The summed E-state index contributed by atoms with van der Waals surface area (Å²) in [6.45, 7) is 7.97. The molecule has 3 nitrogen and oxygen atoms in total. The van der Waals surface area contributed by atoms with Gasteiger partial charge in [0.15, 0.2) is 0 Å². The quantitative estimate of drug-likeness (QED) is 0.840. The van der Waals surface area contributed by atoms with Crippen molar-refractivity contribution in [2.45, 2.75) is 40.2 Å². The van der Waals surface area contributed by atoms with E-state index in [1.807, 2.05) is 12.4 Å². The predicted octanol–water partition coefficient (Wildman–Crippen LogP) is 2.89. The third-order valence-corrected chi connectivity index (χ3v) is 4.87. The molecule has 1 unspecified atom stereocenters. The molecule has 0 spiro atoms. The number of aryl methyl sites for hydroxylation is 1. The average molecular weight is 266 g/mol. The van der Waals surface area contributed by atoms with Crippen LogP contribution in [-0.2, 0) is 11.3 Å². The minimum atomic E-state index is -0.105. The second-order valence-corrected chi connectivity index (χ2v) is 6.98. The highest BCUT2D eigenvalue weighted by Gasteiger charge is 2.40. The van der Waals surface area contributed by atoms with Gasteiger partial charge in [-0.1, -0.05) is 13.8 Å². The molecule has 0 aliphatic heterocycles. The fourth-order valence-corrected chi connectivity index (χ4v) is 3.54. The lowest BCUT2D eigenvalue weighted by Crippen LogP contribution is -2.31. The molecular weight excluding hydrogens is 244 g/mol. The Morgan fingerprint density at radius 3 is 2.78 bits per heavy atom. The summed E-state index contributed by atoms with van der Waals surface area (Å²) in [5, 5.41) is 0. The first-order chi connectivity index (χ1) is 8.40. The summed E-state index contributed by atoms with van der Waals surface area (Å²) in [7, 11) is 2.10. The molecule has 4 heteroatoms. The van der Waals surface area contributed by atoms with Crippen molar-refractivity contribution in [3.05, 3.63) is 16.1 Å². The number of aromatic nitrogens is 1. The molecule has 18 heavy (non-hydrogen) atoms. The van der Waals surface area contributed by atoms with Gasteiger partial charge in [-0.2, -0.15) is 0 Å². The Bertz CT molecular complexity index is 439. The maximum absolute atomic E-state index is 12.2. The number of Topliss-reactive ketones (excluding diaryl/α,β-unsaturated/α-hetero) is 1. The van der Waals surface area contributed by atoms with Gasteiger partial charge in [0.05, 0.1) is 11.2 Å². The second-order valence-electron chi connectivity index (χ2n) is 6.04. The lowest BCUT2D eigenvalue weighted by molar-refractivity contribution is -0.127. The molecule has 1 fully saturated rings. The van der Waals surface area contributed by atoms with Crippen LogP contribution in [0.1, 0.15) is 37.3 Å². The van der Waals surface area contributed by atoms with Crippen LogP contribution in [-0.4, -0.2) is 29.3 Å². The Morgan fingerprint density at radius 2 is 2.28 bits per heavy atom. The van der Waals surface area contributed by atoms with Gasteiger partial charge in [-0.05, 0) is 26.8 Å². The molecule has 1 heterocycles. The van der Waals surface area contributed by atoms with Crippen LogP contribution in [0.5, 0.6) is 0 Å². The smallest absolute Gasteiger partial charge is 0.142 e. The summed E-state index contributed by atoms with van der Waals surface area (Å²) in [6, 6.07) is 0. The molecule has 2 rings (SSSR count). The Labute approximate surface area is 113 Å². The molecule has 1 aromatic heterocycles. The highest BCUT2D eigenvalue weighted by atomic mass is 32.1. The molecule has 0 amide bonds. The van der Waals surface area contributed by atoms with Gasteiger partial charge in [0.25, 0.3) is 0 Å². The van der Waals surface area contributed by atoms with Crippen LogP contribution in [0.25, 0.3) is 0 Å². The zero-order chi connectivity index (χ0) is 13.3. The molecule has 0 saturated heterocycles. The molecule has 0 N–H and O–H groups in total. The number of carbonyl (C=O) groups is 1. The zero-order valence-electron chi connectivity index (χ0n) is 11.7. The van der Waals surface area contributed by atoms with Crippen LogP contribution in [0.4, 0.5) is 0 Å². The van der Waals surface area contributed by atoms with Crippen molar-refractivity contribution >= 4 is 17.1 Å². The van der Waals surface area contributed by atoms with E-state index in [1.165, 1.54) is 4.88 Å². The molecular formula is C14H22N2OS. The van der Waals surface area contributed by atoms with Gasteiger partial charge in [0.1, 0.15) is 5.78 Å². The Morgan fingerprint density at radius 1 is 1.56 bits per heavy atom. The molecule has 1 aliphatic rings. The largest absolute Gasteiger partial charge is 0.301 e. The topological polar surface area (TPSA) is 33.2 Å². The molecule has 0 radical (unpaired) electrons. The minimum Gasteiger partial charge on any atom is -0.301 e. The number of carbonyl (C=O) groups excluding carboxylic acids is 1. The van der Waals surface area contributed by atoms with E-state index >= 15 is 0 Å². The highest BCUT2D eigenvalue weighted by molar-refractivity contribution is 7.09. The number of nitrogens with zero attached hydrogens (tertiary/aromatic N) is 2. The zero-order valence-corrected chi connectivity index (χ0v) is 12.5. The van der Waals surface area contributed by atoms with E-state index < -0.39 is 0 Å². The Balaban J connectivity index is 1.91. The van der Waals surface area contributed by atoms with Gasteiger partial charge in [0.2, 0.25) is 0 Å². The monoisotopic (exact) mass is 266 g/mol. The normalized spacial score (nSPS) is 22.9. The van der Waals surface area contributed by atoms with E-state index in [4.69, 9.17) is 0 Å². The third-order valence-electron chi connectivity index (χ3n) is 3.95. The van der Waals surface area contributed by atoms with Gasteiger partial charge in [0, 0.05) is 29.3 Å². The first-order valence-corrected chi connectivity index (χ1v) is 7.40. The summed E-state index contributed by atoms with van der Waals surface area (Å²) < 4.78 is 0. The van der Waals surface area contributed by atoms with E-state index in [0.717, 1.165) is 31.6 Å². The molecule has 1 aliphatic carbocycles. The second kappa shape index (κ2) is 5.10. The van der Waals surface area contributed by atoms with E-state index in [0.29, 0.717) is 5.78 Å². The number of thiazole rings is 1. The van der Waals surface area contributed by atoms with Gasteiger partial charge in [-0.3, -0.25) is 4.79 Å². The van der Waals surface area contributed by atoms with E-state index in [2.05, 4.69) is 30.8 Å². The number of rotatable bonds is 4. The number of hydrogen-bond acceptors (Lipinski definition) is 4. The maximum atomic E-state index is 12.2. The summed E-state index contributed by atoms with van der Waals surface area (Å²) in [6.07, 6.45) is 2.07. The van der Waals surface area contributed by atoms with E-state index in [9.17, 15) is 4.79 Å². The lowest BCUT2D eigenvalue weighted by Gasteiger charge is -2.21. The number of hydrogen-bond donors (Lipinski definition) is 0. The Hall–Kier alpha value is -0.740. The average Bonchev–Trinajstić information content (AvgIpc) is 2.78. The minimum absolute atomic E-state index is 0.105. The van der Waals surface area contributed by atoms with Crippen LogP contribution in [0, 0.1) is 18.3 Å². The van der Waals surface area contributed by atoms with Crippen LogP contribution < -0.4 is 0 Å². The lowest BCUT2D eigenvalue weighted by atomic mass is 9.89. The van der Waals surface area contributed by atoms with Crippen molar-refractivity contribution < 1.29 is 4.79 Å². The van der Waals surface area contributed by atoms with Crippen molar-refractivity contribution in [1.82, 2.24) is 9.88 Å². The molecule has 0 bridgehead atoms. The van der Waals surface area contributed by atoms with Crippen molar-refractivity contribution in [2.75, 3.05) is 13.6 Å². The van der Waals surface area contributed by atoms with Crippen LogP contribution in [0.3, 0.4) is 0 Å². The van der Waals surface area contributed by atoms with Crippen LogP contribution in [0.2, 0.25) is 0 Å². The first kappa shape index (κ1) is 13.7. The fourth-order valence-electron chi connectivity index (χ4n) is 2.68. The molecule has 0 aromatic carbocycles. The van der Waals surface area contributed by atoms with Crippen LogP contribution >= 0.6 is 11.3 Å². The summed E-state index contributed by atoms with van der Waals surface area (Å²) in [5.41, 5.74) is 2.90. The van der Waals surface area contributed by atoms with E-state index in [1.54, 1.807) is 11.3 Å². The molecule has 100 valence electrons. The van der Waals surface area contributed by atoms with Crippen molar-refractivity contribution in [2.24, 2.45) is 11.3 Å². The standard InChI is InChI=1S/C14H22N2OS/c1-10-12(18-9-15-10)8-16(4)7-11-5-6-14(2,3)13(11)17/h9,11H,5-8H2,1-4H3. The van der Waals surface area contributed by atoms with Gasteiger partial charge in [-0.25, -0.2) is 4.98 Å². The summed E-state index contributed by atoms with van der Waals surface area (Å²) >= 11 is 1.70. The first-order valence-electron chi connectivity index (χ1n) is 6.52. The van der Waals surface area contributed by atoms with Gasteiger partial charge < -0.3 is 4.90 Å². The van der Waals surface area contributed by atoms with Crippen LogP contribution in [0.15, 0.2) is 5.51 Å².